The number of anilines is 1. The van der Waals surface area contributed by atoms with Crippen LogP contribution in [0, 0.1) is 5.82 Å². The largest absolute Gasteiger partial charge is 0.322 e. The molecule has 2 amide bonds. The third-order valence-electron chi connectivity index (χ3n) is 5.85. The van der Waals surface area contributed by atoms with Crippen molar-refractivity contribution in [3.8, 4) is 11.1 Å². The lowest BCUT2D eigenvalue weighted by Gasteiger charge is -2.59. The topological polar surface area (TPSA) is 57.3 Å². The number of amides is 2. The van der Waals surface area contributed by atoms with Gasteiger partial charge in [-0.15, -0.1) is 0 Å². The molecule has 0 aliphatic carbocycles. The number of carbonyl (C=O) groups is 1. The number of aromatic nitrogens is 1. The van der Waals surface area contributed by atoms with E-state index >= 15 is 0 Å². The van der Waals surface area contributed by atoms with Gasteiger partial charge in [0.2, 0.25) is 0 Å². The van der Waals surface area contributed by atoms with Crippen LogP contribution in [0.2, 0.25) is 0 Å². The fourth-order valence-corrected chi connectivity index (χ4v) is 4.51. The number of urea groups is 1. The van der Waals surface area contributed by atoms with Gasteiger partial charge in [0.25, 0.3) is 0 Å². The number of hydrogen-bond donors (Lipinski definition) is 2. The van der Waals surface area contributed by atoms with Crippen LogP contribution in [0.3, 0.4) is 0 Å². The number of halogens is 1. The second-order valence-electron chi connectivity index (χ2n) is 7.53. The zero-order valence-electron chi connectivity index (χ0n) is 15.8. The van der Waals surface area contributed by atoms with Gasteiger partial charge in [-0.05, 0) is 41.0 Å². The number of piperazine rings is 1. The molecule has 5 nitrogen and oxygen atoms in total. The molecule has 2 fully saturated rings. The highest BCUT2D eigenvalue weighted by Gasteiger charge is 2.53. The van der Waals surface area contributed by atoms with Gasteiger partial charge < -0.3 is 15.5 Å². The van der Waals surface area contributed by atoms with E-state index in [-0.39, 0.29) is 23.9 Å². The van der Waals surface area contributed by atoms with Crippen LogP contribution >= 0.6 is 0 Å². The maximum absolute atomic E-state index is 13.4. The molecule has 5 rings (SSSR count). The Morgan fingerprint density at radius 1 is 1.03 bits per heavy atom. The Balaban J connectivity index is 1.32. The third kappa shape index (κ3) is 3.25. The van der Waals surface area contributed by atoms with Gasteiger partial charge in [-0.2, -0.15) is 0 Å². The molecule has 2 N–H and O–H groups in total. The molecule has 3 heterocycles. The van der Waals surface area contributed by atoms with Gasteiger partial charge in [0, 0.05) is 37.1 Å². The minimum atomic E-state index is -0.361. The van der Waals surface area contributed by atoms with Crippen molar-refractivity contribution in [3.05, 3.63) is 84.4 Å². The van der Waals surface area contributed by atoms with Crippen molar-refractivity contribution in [2.45, 2.75) is 18.0 Å². The third-order valence-corrected chi connectivity index (χ3v) is 5.85. The number of pyridine rings is 1. The van der Waals surface area contributed by atoms with E-state index in [1.54, 1.807) is 18.3 Å². The number of rotatable bonds is 3. The van der Waals surface area contributed by atoms with Gasteiger partial charge >= 0.3 is 6.03 Å². The van der Waals surface area contributed by atoms with Crippen molar-refractivity contribution < 1.29 is 9.18 Å². The van der Waals surface area contributed by atoms with E-state index in [1.165, 1.54) is 17.7 Å². The number of nitrogens with zero attached hydrogens (tertiary/aromatic N) is 2. The number of nitrogens with one attached hydrogen (secondary N) is 2. The van der Waals surface area contributed by atoms with Crippen LogP contribution in [0.15, 0.2) is 73.1 Å². The van der Waals surface area contributed by atoms with Crippen molar-refractivity contribution in [3.63, 3.8) is 0 Å². The zero-order valence-corrected chi connectivity index (χ0v) is 15.8. The molecule has 146 valence electrons. The quantitative estimate of drug-likeness (QED) is 0.716. The van der Waals surface area contributed by atoms with E-state index in [9.17, 15) is 9.18 Å². The lowest BCUT2D eigenvalue weighted by molar-refractivity contribution is 0.00202. The molecule has 29 heavy (non-hydrogen) atoms. The summed E-state index contributed by atoms with van der Waals surface area (Å²) in [6.45, 7) is 1.50. The molecule has 3 aromatic rings. The molecule has 2 aromatic carbocycles. The predicted molar refractivity (Wildman–Crippen MR) is 110 cm³/mol. The first kappa shape index (κ1) is 17.8. The summed E-state index contributed by atoms with van der Waals surface area (Å²) in [5, 5.41) is 6.22. The summed E-state index contributed by atoms with van der Waals surface area (Å²) >= 11 is 0. The summed E-state index contributed by atoms with van der Waals surface area (Å²) in [7, 11) is 0. The van der Waals surface area contributed by atoms with E-state index in [1.807, 2.05) is 23.2 Å². The summed E-state index contributed by atoms with van der Waals surface area (Å²) in [4.78, 5) is 18.9. The molecule has 0 radical (unpaired) electrons. The zero-order chi connectivity index (χ0) is 19.8. The Morgan fingerprint density at radius 3 is 2.52 bits per heavy atom. The minimum absolute atomic E-state index is 0.0894. The second kappa shape index (κ2) is 7.29. The first-order chi connectivity index (χ1) is 14.2. The highest BCUT2D eigenvalue weighted by molar-refractivity contribution is 5.91. The van der Waals surface area contributed by atoms with Crippen LogP contribution in [0.4, 0.5) is 14.9 Å². The summed E-state index contributed by atoms with van der Waals surface area (Å²) in [6, 6.07) is 18.5. The van der Waals surface area contributed by atoms with E-state index in [0.717, 1.165) is 24.2 Å². The van der Waals surface area contributed by atoms with Gasteiger partial charge in [-0.1, -0.05) is 36.4 Å². The van der Waals surface area contributed by atoms with Crippen LogP contribution in [-0.2, 0) is 0 Å². The second-order valence-corrected chi connectivity index (χ2v) is 7.53. The molecular weight excluding hydrogens is 367 g/mol. The molecule has 0 saturated carbocycles. The number of piperidine rings is 1. The highest BCUT2D eigenvalue weighted by atomic mass is 19.1. The fourth-order valence-electron chi connectivity index (χ4n) is 4.51. The Bertz CT molecular complexity index is 1010. The molecule has 3 atom stereocenters. The maximum atomic E-state index is 13.4. The normalized spacial score (nSPS) is 22.7. The van der Waals surface area contributed by atoms with Gasteiger partial charge in [0.15, 0.2) is 0 Å². The molecule has 2 aliphatic rings. The maximum Gasteiger partial charge on any atom is 0.322 e. The lowest BCUT2D eigenvalue weighted by atomic mass is 9.72. The summed E-state index contributed by atoms with van der Waals surface area (Å²) in [5.41, 5.74) is 3.94. The summed E-state index contributed by atoms with van der Waals surface area (Å²) in [5.74, 6) is -0.0580. The monoisotopic (exact) mass is 388 g/mol. The van der Waals surface area contributed by atoms with Gasteiger partial charge in [0.1, 0.15) is 5.82 Å². The van der Waals surface area contributed by atoms with Gasteiger partial charge in [-0.25, -0.2) is 9.18 Å². The van der Waals surface area contributed by atoms with Gasteiger partial charge in [-0.3, -0.25) is 4.98 Å². The van der Waals surface area contributed by atoms with Crippen molar-refractivity contribution >= 4 is 11.7 Å². The van der Waals surface area contributed by atoms with Crippen LogP contribution in [0.1, 0.15) is 11.5 Å². The fraction of sp³-hybridized carbons (Fsp3) is 0.217. The van der Waals surface area contributed by atoms with E-state index < -0.39 is 0 Å². The lowest BCUT2D eigenvalue weighted by Crippen LogP contribution is -2.74. The first-order valence-electron chi connectivity index (χ1n) is 9.77. The standard InChI is InChI=1S/C23H21FN4O/c24-18-4-1-5-19(11-18)27-23(29)28-20-13-26-14-21(28)22(20)16-8-6-15(7-9-16)17-3-2-10-25-12-17/h1-12,20-22,26H,13-14H2,(H,27,29)/t20-,21+,22?. The number of fused-ring (bicyclic) bond motifs is 2. The smallest absolute Gasteiger partial charge is 0.315 e. The highest BCUT2D eigenvalue weighted by Crippen LogP contribution is 2.43. The van der Waals surface area contributed by atoms with E-state index in [0.29, 0.717) is 11.6 Å². The summed E-state index contributed by atoms with van der Waals surface area (Å²) in [6.07, 6.45) is 3.62. The molecule has 2 bridgehead atoms. The molecule has 2 saturated heterocycles. The first-order valence-corrected chi connectivity index (χ1v) is 9.77. The van der Waals surface area contributed by atoms with Crippen molar-refractivity contribution in [1.82, 2.24) is 15.2 Å². The Morgan fingerprint density at radius 2 is 1.83 bits per heavy atom. The number of carbonyl (C=O) groups excluding carboxylic acids is 1. The van der Waals surface area contributed by atoms with Gasteiger partial charge in [0.05, 0.1) is 12.1 Å². The average Bonchev–Trinajstić information content (AvgIpc) is 2.75. The Hall–Kier alpha value is -3.25. The van der Waals surface area contributed by atoms with Crippen LogP contribution in [0.5, 0.6) is 0 Å². The van der Waals surface area contributed by atoms with Crippen molar-refractivity contribution in [1.29, 1.82) is 0 Å². The van der Waals surface area contributed by atoms with Crippen molar-refractivity contribution in [2.75, 3.05) is 18.4 Å². The summed E-state index contributed by atoms with van der Waals surface area (Å²) < 4.78 is 13.4. The molecule has 0 spiro atoms. The number of hydrogen-bond acceptors (Lipinski definition) is 3. The van der Waals surface area contributed by atoms with Crippen LogP contribution in [-0.4, -0.2) is 41.1 Å². The van der Waals surface area contributed by atoms with E-state index in [2.05, 4.69) is 39.9 Å². The van der Waals surface area contributed by atoms with Crippen molar-refractivity contribution in [2.24, 2.45) is 0 Å². The molecule has 1 aromatic heterocycles. The molecule has 1 unspecified atom stereocenters. The average molecular weight is 388 g/mol. The minimum Gasteiger partial charge on any atom is -0.315 e. The molecule has 2 aliphatic heterocycles. The number of benzene rings is 2. The van der Waals surface area contributed by atoms with Crippen LogP contribution < -0.4 is 10.6 Å². The van der Waals surface area contributed by atoms with E-state index in [4.69, 9.17) is 0 Å². The van der Waals surface area contributed by atoms with Crippen LogP contribution in [0.25, 0.3) is 11.1 Å². The Kier molecular flexibility index (Phi) is 4.48. The predicted octanol–water partition coefficient (Wildman–Crippen LogP) is 3.86. The Labute approximate surface area is 168 Å². The SMILES string of the molecule is O=C(Nc1cccc(F)c1)N1[C@@H]2CNC[C@H]1C2c1ccc(-c2cccnc2)cc1. The molecule has 6 heteroatoms. The molecular formula is C23H21FN4O.